The molecule has 132 valence electrons. The molecule has 3 aliphatic rings. The number of likely N-dealkylation sites (tertiary alicyclic amines) is 1. The van der Waals surface area contributed by atoms with Crippen LogP contribution in [-0.4, -0.2) is 51.9 Å². The van der Waals surface area contributed by atoms with E-state index in [0.717, 1.165) is 49.0 Å². The Balaban J connectivity index is 1.80. The molecule has 0 bridgehead atoms. The summed E-state index contributed by atoms with van der Waals surface area (Å²) in [7, 11) is 0. The Kier molecular flexibility index (Phi) is 4.40. The number of imide groups is 1. The second kappa shape index (κ2) is 6.22. The summed E-state index contributed by atoms with van der Waals surface area (Å²) in [5.74, 6) is -0.0968. The zero-order chi connectivity index (χ0) is 17.5. The number of urea groups is 1. The lowest BCUT2D eigenvalue weighted by atomic mass is 9.89. The average Bonchev–Trinajstić information content (AvgIpc) is 2.96. The summed E-state index contributed by atoms with van der Waals surface area (Å²) in [5.41, 5.74) is 0.909. The van der Waals surface area contributed by atoms with Gasteiger partial charge in [0.05, 0.1) is 12.6 Å². The third-order valence-corrected chi connectivity index (χ3v) is 5.68. The highest BCUT2D eigenvalue weighted by Crippen LogP contribution is 2.57. The maximum absolute atomic E-state index is 12.9. The standard InChI is InChI=1S/C18H26N2O4/c1-12(2)14(21)15-18(7-8-18)9-10-19(15)16(22)20(17(23)24)11-13-5-3-4-6-13/h5,12,15H,3-4,6-11H2,1-2H3,(H,23,24)/t15-/m1/s1. The van der Waals surface area contributed by atoms with Crippen molar-refractivity contribution in [1.29, 1.82) is 0 Å². The van der Waals surface area contributed by atoms with Gasteiger partial charge in [0.1, 0.15) is 0 Å². The summed E-state index contributed by atoms with van der Waals surface area (Å²) in [4.78, 5) is 39.7. The van der Waals surface area contributed by atoms with Crippen molar-refractivity contribution < 1.29 is 19.5 Å². The lowest BCUT2D eigenvalue weighted by molar-refractivity contribution is -0.127. The van der Waals surface area contributed by atoms with Crippen molar-refractivity contribution in [3.8, 4) is 0 Å². The second-order valence-corrected chi connectivity index (χ2v) is 7.67. The van der Waals surface area contributed by atoms with E-state index in [1.807, 2.05) is 19.9 Å². The molecule has 2 fully saturated rings. The van der Waals surface area contributed by atoms with Crippen molar-refractivity contribution in [1.82, 2.24) is 9.80 Å². The van der Waals surface area contributed by atoms with E-state index in [-0.39, 0.29) is 23.7 Å². The Morgan fingerprint density at radius 1 is 1.33 bits per heavy atom. The second-order valence-electron chi connectivity index (χ2n) is 7.67. The van der Waals surface area contributed by atoms with Gasteiger partial charge in [-0.2, -0.15) is 0 Å². The van der Waals surface area contributed by atoms with E-state index in [1.54, 1.807) is 0 Å². The third kappa shape index (κ3) is 2.94. The van der Waals surface area contributed by atoms with Crippen LogP contribution in [0.3, 0.4) is 0 Å². The van der Waals surface area contributed by atoms with Gasteiger partial charge in [-0.1, -0.05) is 25.5 Å². The van der Waals surface area contributed by atoms with Crippen molar-refractivity contribution >= 4 is 17.9 Å². The first-order chi connectivity index (χ1) is 11.4. The lowest BCUT2D eigenvalue weighted by Gasteiger charge is -2.31. The van der Waals surface area contributed by atoms with Crippen LogP contribution in [0.2, 0.25) is 0 Å². The highest BCUT2D eigenvalue weighted by Gasteiger charge is 2.60. The molecule has 0 aromatic carbocycles. The molecular formula is C18H26N2O4. The molecule has 1 N–H and O–H groups in total. The van der Waals surface area contributed by atoms with E-state index in [9.17, 15) is 19.5 Å². The maximum atomic E-state index is 12.9. The van der Waals surface area contributed by atoms with E-state index >= 15 is 0 Å². The topological polar surface area (TPSA) is 77.9 Å². The summed E-state index contributed by atoms with van der Waals surface area (Å²) in [5, 5.41) is 9.51. The van der Waals surface area contributed by atoms with Crippen molar-refractivity contribution in [3.05, 3.63) is 11.6 Å². The Hall–Kier alpha value is -1.85. The Bertz CT molecular complexity index is 592. The highest BCUT2D eigenvalue weighted by molar-refractivity contribution is 5.96. The molecule has 1 saturated heterocycles. The fourth-order valence-electron chi connectivity index (χ4n) is 4.06. The van der Waals surface area contributed by atoms with Crippen LogP contribution in [0.25, 0.3) is 0 Å². The predicted octanol–water partition coefficient (Wildman–Crippen LogP) is 3.28. The highest BCUT2D eigenvalue weighted by atomic mass is 16.4. The Morgan fingerprint density at radius 3 is 2.54 bits per heavy atom. The molecule has 3 rings (SSSR count). The minimum atomic E-state index is -1.24. The van der Waals surface area contributed by atoms with Crippen LogP contribution >= 0.6 is 0 Å². The van der Waals surface area contributed by atoms with Gasteiger partial charge in [-0.3, -0.25) is 4.79 Å². The Labute approximate surface area is 142 Å². The number of carbonyl (C=O) groups is 3. The lowest BCUT2D eigenvalue weighted by Crippen LogP contribution is -2.52. The molecule has 1 spiro atoms. The van der Waals surface area contributed by atoms with E-state index in [1.165, 1.54) is 4.90 Å². The number of hydrogen-bond donors (Lipinski definition) is 1. The van der Waals surface area contributed by atoms with E-state index in [2.05, 4.69) is 0 Å². The third-order valence-electron chi connectivity index (χ3n) is 5.68. The fraction of sp³-hybridized carbons (Fsp3) is 0.722. The van der Waals surface area contributed by atoms with E-state index in [0.29, 0.717) is 6.54 Å². The molecule has 2 aliphatic carbocycles. The van der Waals surface area contributed by atoms with Crippen LogP contribution in [0.15, 0.2) is 11.6 Å². The quantitative estimate of drug-likeness (QED) is 0.800. The van der Waals surface area contributed by atoms with Crippen LogP contribution in [-0.2, 0) is 4.79 Å². The summed E-state index contributed by atoms with van der Waals surface area (Å²) < 4.78 is 0. The molecule has 0 aromatic rings. The number of carboxylic acid groups (broad SMARTS) is 1. The van der Waals surface area contributed by atoms with Crippen LogP contribution < -0.4 is 0 Å². The molecule has 6 heteroatoms. The van der Waals surface area contributed by atoms with Crippen molar-refractivity contribution in [2.45, 2.75) is 58.4 Å². The monoisotopic (exact) mass is 334 g/mol. The molecule has 0 radical (unpaired) electrons. The largest absolute Gasteiger partial charge is 0.465 e. The number of amides is 3. The van der Waals surface area contributed by atoms with Gasteiger partial charge in [-0.05, 0) is 43.9 Å². The molecule has 1 aliphatic heterocycles. The SMILES string of the molecule is CC(C)C(=O)[C@H]1N(C(=O)N(CC2=CCCC2)C(=O)O)CCC12CC2. The number of Topliss-reactive ketones (excluding diaryl/α,β-unsaturated/α-hetero) is 1. The molecule has 0 unspecified atom stereocenters. The van der Waals surface area contributed by atoms with Gasteiger partial charge in [0.2, 0.25) is 0 Å². The van der Waals surface area contributed by atoms with Gasteiger partial charge < -0.3 is 10.0 Å². The van der Waals surface area contributed by atoms with Crippen molar-refractivity contribution in [3.63, 3.8) is 0 Å². The molecule has 1 saturated carbocycles. The van der Waals surface area contributed by atoms with Crippen LogP contribution in [0.4, 0.5) is 9.59 Å². The van der Waals surface area contributed by atoms with Crippen LogP contribution in [0.1, 0.15) is 52.4 Å². The zero-order valence-electron chi connectivity index (χ0n) is 14.5. The van der Waals surface area contributed by atoms with E-state index in [4.69, 9.17) is 0 Å². The molecular weight excluding hydrogens is 308 g/mol. The zero-order valence-corrected chi connectivity index (χ0v) is 14.5. The number of nitrogens with zero attached hydrogens (tertiary/aromatic N) is 2. The van der Waals surface area contributed by atoms with Gasteiger partial charge >= 0.3 is 12.1 Å². The normalized spacial score (nSPS) is 24.4. The van der Waals surface area contributed by atoms with E-state index < -0.39 is 18.2 Å². The molecule has 1 atom stereocenters. The average molecular weight is 334 g/mol. The minimum Gasteiger partial charge on any atom is -0.465 e. The van der Waals surface area contributed by atoms with Gasteiger partial charge in [0.25, 0.3) is 0 Å². The minimum absolute atomic E-state index is 0.0590. The first-order valence-electron chi connectivity index (χ1n) is 8.88. The first kappa shape index (κ1) is 17.0. The maximum Gasteiger partial charge on any atom is 0.415 e. The number of carbonyl (C=O) groups excluding carboxylic acids is 2. The summed E-state index contributed by atoms with van der Waals surface area (Å²) in [6, 6.07) is -0.984. The summed E-state index contributed by atoms with van der Waals surface area (Å²) >= 11 is 0. The number of allylic oxidation sites excluding steroid dienone is 1. The van der Waals surface area contributed by atoms with Gasteiger partial charge in [-0.15, -0.1) is 0 Å². The van der Waals surface area contributed by atoms with Crippen molar-refractivity contribution in [2.24, 2.45) is 11.3 Å². The fourth-order valence-corrected chi connectivity index (χ4v) is 4.06. The van der Waals surface area contributed by atoms with Gasteiger partial charge in [-0.25, -0.2) is 14.5 Å². The van der Waals surface area contributed by atoms with Crippen molar-refractivity contribution in [2.75, 3.05) is 13.1 Å². The predicted molar refractivity (Wildman–Crippen MR) is 88.7 cm³/mol. The smallest absolute Gasteiger partial charge is 0.415 e. The molecule has 3 amide bonds. The molecule has 6 nitrogen and oxygen atoms in total. The summed E-state index contributed by atoms with van der Waals surface area (Å²) in [6.45, 7) is 4.29. The number of ketones is 1. The molecule has 0 aromatic heterocycles. The van der Waals surface area contributed by atoms with Gasteiger partial charge in [0, 0.05) is 12.5 Å². The van der Waals surface area contributed by atoms with Crippen LogP contribution in [0, 0.1) is 11.3 Å². The van der Waals surface area contributed by atoms with Crippen LogP contribution in [0.5, 0.6) is 0 Å². The molecule has 1 heterocycles. The summed E-state index contributed by atoms with van der Waals surface area (Å²) in [6.07, 6.45) is 6.30. The van der Waals surface area contributed by atoms with Gasteiger partial charge in [0.15, 0.2) is 5.78 Å². The molecule has 24 heavy (non-hydrogen) atoms. The number of hydrogen-bond acceptors (Lipinski definition) is 3. The number of rotatable bonds is 4. The Morgan fingerprint density at radius 2 is 2.04 bits per heavy atom. The first-order valence-corrected chi connectivity index (χ1v) is 8.88.